The maximum atomic E-state index is 7.13. The summed E-state index contributed by atoms with van der Waals surface area (Å²) in [4.78, 5) is 0. The number of nitrogens with one attached hydrogen (secondary N) is 2. The SMILES string of the molecule is N=C(N)[C@@H]1CCCNC1. The summed E-state index contributed by atoms with van der Waals surface area (Å²) in [5, 5.41) is 10.3. The van der Waals surface area contributed by atoms with Gasteiger partial charge in [-0.25, -0.2) is 0 Å². The van der Waals surface area contributed by atoms with Crippen LogP contribution in [-0.4, -0.2) is 18.9 Å². The molecule has 1 aliphatic heterocycles. The van der Waals surface area contributed by atoms with Gasteiger partial charge in [-0.05, 0) is 19.4 Å². The minimum Gasteiger partial charge on any atom is -0.387 e. The topological polar surface area (TPSA) is 61.9 Å². The molecule has 0 bridgehead atoms. The monoisotopic (exact) mass is 127 g/mol. The van der Waals surface area contributed by atoms with Crippen LogP contribution in [0.25, 0.3) is 0 Å². The van der Waals surface area contributed by atoms with E-state index >= 15 is 0 Å². The number of nitrogens with two attached hydrogens (primary N) is 1. The van der Waals surface area contributed by atoms with Gasteiger partial charge in [-0.1, -0.05) is 0 Å². The first-order valence-electron chi connectivity index (χ1n) is 3.35. The van der Waals surface area contributed by atoms with Crippen molar-refractivity contribution in [1.82, 2.24) is 5.32 Å². The number of hydrogen-bond donors (Lipinski definition) is 3. The van der Waals surface area contributed by atoms with Crippen LogP contribution in [0.1, 0.15) is 12.8 Å². The van der Waals surface area contributed by atoms with Crippen LogP contribution in [0.5, 0.6) is 0 Å². The van der Waals surface area contributed by atoms with Crippen molar-refractivity contribution in [2.75, 3.05) is 13.1 Å². The third-order valence-corrected chi connectivity index (χ3v) is 1.74. The summed E-state index contributed by atoms with van der Waals surface area (Å²) in [6.45, 7) is 1.99. The van der Waals surface area contributed by atoms with E-state index in [0.717, 1.165) is 25.9 Å². The van der Waals surface area contributed by atoms with E-state index in [1.54, 1.807) is 0 Å². The van der Waals surface area contributed by atoms with Crippen molar-refractivity contribution in [3.63, 3.8) is 0 Å². The zero-order valence-electron chi connectivity index (χ0n) is 5.48. The molecule has 9 heavy (non-hydrogen) atoms. The molecule has 0 aliphatic carbocycles. The Bertz CT molecular complexity index is 105. The van der Waals surface area contributed by atoms with Crippen LogP contribution in [0.3, 0.4) is 0 Å². The van der Waals surface area contributed by atoms with E-state index in [1.165, 1.54) is 0 Å². The first-order valence-corrected chi connectivity index (χ1v) is 3.35. The predicted octanol–water partition coefficient (Wildman–Crippen LogP) is -0.0780. The van der Waals surface area contributed by atoms with Gasteiger partial charge in [0.2, 0.25) is 0 Å². The van der Waals surface area contributed by atoms with Gasteiger partial charge in [0.15, 0.2) is 0 Å². The Kier molecular flexibility index (Phi) is 2.05. The minimum absolute atomic E-state index is 0.304. The second-order valence-corrected chi connectivity index (χ2v) is 2.50. The number of amidine groups is 1. The lowest BCUT2D eigenvalue weighted by molar-refractivity contribution is 0.454. The Morgan fingerprint density at radius 3 is 2.78 bits per heavy atom. The number of rotatable bonds is 1. The summed E-state index contributed by atoms with van der Waals surface area (Å²) >= 11 is 0. The van der Waals surface area contributed by atoms with Crippen LogP contribution in [0.15, 0.2) is 0 Å². The summed E-state index contributed by atoms with van der Waals surface area (Å²) in [7, 11) is 0. The summed E-state index contributed by atoms with van der Waals surface area (Å²) in [5.74, 6) is 0.640. The summed E-state index contributed by atoms with van der Waals surface area (Å²) < 4.78 is 0. The second kappa shape index (κ2) is 2.82. The smallest absolute Gasteiger partial charge is 0.0949 e. The second-order valence-electron chi connectivity index (χ2n) is 2.50. The molecule has 3 heteroatoms. The summed E-state index contributed by atoms with van der Waals surface area (Å²) in [6, 6.07) is 0. The molecular weight excluding hydrogens is 114 g/mol. The molecular formula is C6H13N3. The van der Waals surface area contributed by atoms with Crippen molar-refractivity contribution in [3.05, 3.63) is 0 Å². The van der Waals surface area contributed by atoms with Gasteiger partial charge in [0.25, 0.3) is 0 Å². The molecule has 1 fully saturated rings. The minimum atomic E-state index is 0.304. The molecule has 1 atom stereocenters. The molecule has 0 aromatic heterocycles. The van der Waals surface area contributed by atoms with Crippen molar-refractivity contribution < 1.29 is 0 Å². The Morgan fingerprint density at radius 1 is 1.67 bits per heavy atom. The van der Waals surface area contributed by atoms with Crippen LogP contribution >= 0.6 is 0 Å². The lowest BCUT2D eigenvalue weighted by Gasteiger charge is -2.20. The molecule has 0 spiro atoms. The molecule has 1 rings (SSSR count). The predicted molar refractivity (Wildman–Crippen MR) is 37.5 cm³/mol. The molecule has 0 aromatic rings. The number of piperidine rings is 1. The average Bonchev–Trinajstić information content (AvgIpc) is 1.90. The fourth-order valence-electron chi connectivity index (χ4n) is 1.12. The van der Waals surface area contributed by atoms with E-state index in [2.05, 4.69) is 5.32 Å². The van der Waals surface area contributed by atoms with Crippen LogP contribution in [0.2, 0.25) is 0 Å². The highest BCUT2D eigenvalue weighted by atomic mass is 14.9. The third kappa shape index (κ3) is 1.68. The highest BCUT2D eigenvalue weighted by molar-refractivity contribution is 5.79. The normalized spacial score (nSPS) is 27.8. The Hall–Kier alpha value is -0.570. The Labute approximate surface area is 55.1 Å². The van der Waals surface area contributed by atoms with Gasteiger partial charge in [0.05, 0.1) is 5.84 Å². The van der Waals surface area contributed by atoms with Crippen molar-refractivity contribution >= 4 is 5.84 Å². The quantitative estimate of drug-likeness (QED) is 0.341. The van der Waals surface area contributed by atoms with E-state index < -0.39 is 0 Å². The first-order chi connectivity index (χ1) is 4.30. The molecule has 0 amide bonds. The van der Waals surface area contributed by atoms with Crippen molar-refractivity contribution in [1.29, 1.82) is 5.41 Å². The van der Waals surface area contributed by atoms with Gasteiger partial charge in [0, 0.05) is 12.5 Å². The zero-order chi connectivity index (χ0) is 6.69. The lowest BCUT2D eigenvalue weighted by atomic mass is 9.99. The molecule has 1 saturated heterocycles. The first kappa shape index (κ1) is 6.55. The molecule has 0 radical (unpaired) electrons. The van der Waals surface area contributed by atoms with Gasteiger partial charge in [-0.3, -0.25) is 5.41 Å². The highest BCUT2D eigenvalue weighted by Crippen LogP contribution is 2.07. The Morgan fingerprint density at radius 2 is 2.44 bits per heavy atom. The van der Waals surface area contributed by atoms with E-state index in [0.29, 0.717) is 11.8 Å². The van der Waals surface area contributed by atoms with Crippen molar-refractivity contribution in [2.45, 2.75) is 12.8 Å². The largest absolute Gasteiger partial charge is 0.387 e. The molecule has 0 unspecified atom stereocenters. The van der Waals surface area contributed by atoms with Crippen molar-refractivity contribution in [2.24, 2.45) is 11.7 Å². The fraction of sp³-hybridized carbons (Fsp3) is 0.833. The molecule has 0 aromatic carbocycles. The lowest BCUT2D eigenvalue weighted by Crippen LogP contribution is -2.37. The summed E-state index contributed by atoms with van der Waals surface area (Å²) in [5.41, 5.74) is 5.31. The summed E-state index contributed by atoms with van der Waals surface area (Å²) in [6.07, 6.45) is 2.24. The fourth-order valence-corrected chi connectivity index (χ4v) is 1.12. The molecule has 4 N–H and O–H groups in total. The van der Waals surface area contributed by atoms with Gasteiger partial charge < -0.3 is 11.1 Å². The van der Waals surface area contributed by atoms with Crippen molar-refractivity contribution in [3.8, 4) is 0 Å². The maximum absolute atomic E-state index is 7.13. The van der Waals surface area contributed by atoms with Gasteiger partial charge in [-0.15, -0.1) is 0 Å². The van der Waals surface area contributed by atoms with Crippen LogP contribution in [-0.2, 0) is 0 Å². The molecule has 1 aliphatic rings. The van der Waals surface area contributed by atoms with E-state index in [9.17, 15) is 0 Å². The average molecular weight is 127 g/mol. The zero-order valence-corrected chi connectivity index (χ0v) is 5.48. The van der Waals surface area contributed by atoms with Gasteiger partial charge in [-0.2, -0.15) is 0 Å². The molecule has 0 saturated carbocycles. The Balaban J connectivity index is 2.31. The number of hydrogen-bond acceptors (Lipinski definition) is 2. The van der Waals surface area contributed by atoms with Crippen LogP contribution < -0.4 is 11.1 Å². The standard InChI is InChI=1S/C6H13N3/c7-6(8)5-2-1-3-9-4-5/h5,9H,1-4H2,(H3,7,8)/t5-/m1/s1. The van der Waals surface area contributed by atoms with Crippen LogP contribution in [0, 0.1) is 11.3 Å². The molecule has 3 nitrogen and oxygen atoms in total. The van der Waals surface area contributed by atoms with Gasteiger partial charge in [0.1, 0.15) is 0 Å². The van der Waals surface area contributed by atoms with Crippen LogP contribution in [0.4, 0.5) is 0 Å². The molecule has 52 valence electrons. The van der Waals surface area contributed by atoms with E-state index in [-0.39, 0.29) is 0 Å². The van der Waals surface area contributed by atoms with Gasteiger partial charge >= 0.3 is 0 Å². The molecule has 1 heterocycles. The van der Waals surface area contributed by atoms with E-state index in [1.807, 2.05) is 0 Å². The van der Waals surface area contributed by atoms with E-state index in [4.69, 9.17) is 11.1 Å². The third-order valence-electron chi connectivity index (χ3n) is 1.74. The highest BCUT2D eigenvalue weighted by Gasteiger charge is 2.14. The maximum Gasteiger partial charge on any atom is 0.0949 e.